The highest BCUT2D eigenvalue weighted by Crippen LogP contribution is 2.22. The van der Waals surface area contributed by atoms with Gasteiger partial charge in [-0.05, 0) is 36.4 Å². The van der Waals surface area contributed by atoms with Gasteiger partial charge < -0.3 is 10.5 Å². The van der Waals surface area contributed by atoms with Crippen LogP contribution in [0.1, 0.15) is 5.56 Å². The molecule has 0 bridgehead atoms. The van der Waals surface area contributed by atoms with Gasteiger partial charge in [0.25, 0.3) is 0 Å². The first kappa shape index (κ1) is 12.8. The summed E-state index contributed by atoms with van der Waals surface area (Å²) in [4.78, 5) is 4.30. The van der Waals surface area contributed by atoms with E-state index in [1.54, 1.807) is 18.3 Å². The molecule has 0 atom stereocenters. The van der Waals surface area contributed by atoms with Crippen molar-refractivity contribution < 1.29 is 4.74 Å². The van der Waals surface area contributed by atoms with Gasteiger partial charge in [0.2, 0.25) is 0 Å². The Balaban J connectivity index is 1.81. The molecule has 0 fully saturated rings. The Morgan fingerprint density at radius 3 is 2.90 bits per heavy atom. The predicted octanol–water partition coefficient (Wildman–Crippen LogP) is 4.05. The number of fused-ring (bicyclic) bond motifs is 1. The number of rotatable bonds is 3. The van der Waals surface area contributed by atoms with E-state index in [9.17, 15) is 0 Å². The lowest BCUT2D eigenvalue weighted by atomic mass is 10.2. The minimum absolute atomic E-state index is 0.380. The first-order valence-corrected chi connectivity index (χ1v) is 6.62. The van der Waals surface area contributed by atoms with E-state index in [-0.39, 0.29) is 0 Å². The summed E-state index contributed by atoms with van der Waals surface area (Å²) in [5, 5.41) is 1.74. The van der Waals surface area contributed by atoms with E-state index in [0.29, 0.717) is 17.3 Å². The fraction of sp³-hybridized carbons (Fsp3) is 0.0625. The summed E-state index contributed by atoms with van der Waals surface area (Å²) in [7, 11) is 0. The number of aromatic nitrogens is 1. The maximum atomic E-state index is 5.96. The van der Waals surface area contributed by atoms with Crippen LogP contribution in [0.2, 0.25) is 5.02 Å². The Hall–Kier alpha value is -2.26. The number of hydrogen-bond donors (Lipinski definition) is 1. The number of halogens is 1. The molecule has 20 heavy (non-hydrogen) atoms. The van der Waals surface area contributed by atoms with Gasteiger partial charge in [-0.25, -0.2) is 0 Å². The Labute approximate surface area is 122 Å². The quantitative estimate of drug-likeness (QED) is 0.738. The van der Waals surface area contributed by atoms with Crippen molar-refractivity contribution in [1.82, 2.24) is 4.98 Å². The van der Waals surface area contributed by atoms with Gasteiger partial charge >= 0.3 is 0 Å². The molecule has 1 heterocycles. The van der Waals surface area contributed by atoms with E-state index >= 15 is 0 Å². The van der Waals surface area contributed by atoms with Gasteiger partial charge in [0.05, 0.1) is 5.52 Å². The van der Waals surface area contributed by atoms with Crippen molar-refractivity contribution in [3.63, 3.8) is 0 Å². The molecule has 2 N–H and O–H groups in total. The lowest BCUT2D eigenvalue weighted by molar-refractivity contribution is 0.307. The van der Waals surface area contributed by atoms with Crippen LogP contribution in [0.4, 0.5) is 5.69 Å². The molecule has 0 unspecified atom stereocenters. The maximum Gasteiger partial charge on any atom is 0.122 e. The molecule has 100 valence electrons. The lowest BCUT2D eigenvalue weighted by Gasteiger charge is -2.09. The van der Waals surface area contributed by atoms with E-state index in [2.05, 4.69) is 4.98 Å². The van der Waals surface area contributed by atoms with Crippen LogP contribution in [-0.4, -0.2) is 4.98 Å². The molecule has 0 aliphatic heterocycles. The van der Waals surface area contributed by atoms with Crippen molar-refractivity contribution in [3.8, 4) is 5.75 Å². The third-order valence-corrected chi connectivity index (χ3v) is 3.31. The highest BCUT2D eigenvalue weighted by molar-refractivity contribution is 6.30. The number of nitrogen functional groups attached to an aromatic ring is 1. The average Bonchev–Trinajstić information content (AvgIpc) is 2.48. The Bertz CT molecular complexity index is 758. The first-order valence-electron chi connectivity index (χ1n) is 6.24. The van der Waals surface area contributed by atoms with Crippen molar-refractivity contribution in [2.24, 2.45) is 0 Å². The highest BCUT2D eigenvalue weighted by Gasteiger charge is 2.03. The van der Waals surface area contributed by atoms with Crippen LogP contribution >= 0.6 is 11.6 Å². The van der Waals surface area contributed by atoms with Gasteiger partial charge in [0, 0.05) is 33.9 Å². The number of nitrogens with two attached hydrogens (primary N) is 1. The number of pyridine rings is 1. The van der Waals surface area contributed by atoms with Crippen LogP contribution in [0.25, 0.3) is 10.9 Å². The molecule has 0 spiro atoms. The summed E-state index contributed by atoms with van der Waals surface area (Å²) < 4.78 is 5.76. The number of anilines is 1. The average molecular weight is 285 g/mol. The molecule has 0 saturated heterocycles. The number of nitrogens with zero attached hydrogens (tertiary/aromatic N) is 1. The van der Waals surface area contributed by atoms with Crippen molar-refractivity contribution in [2.75, 3.05) is 5.73 Å². The summed E-state index contributed by atoms with van der Waals surface area (Å²) in [5.41, 5.74) is 8.35. The van der Waals surface area contributed by atoms with E-state index in [4.69, 9.17) is 22.1 Å². The molecule has 3 rings (SSSR count). The Kier molecular flexibility index (Phi) is 3.44. The van der Waals surface area contributed by atoms with Crippen LogP contribution in [0.5, 0.6) is 5.75 Å². The monoisotopic (exact) mass is 284 g/mol. The van der Waals surface area contributed by atoms with Gasteiger partial charge in [0.1, 0.15) is 12.4 Å². The number of ether oxygens (including phenoxy) is 1. The third-order valence-electron chi connectivity index (χ3n) is 3.08. The van der Waals surface area contributed by atoms with Crippen LogP contribution in [0.3, 0.4) is 0 Å². The summed E-state index contributed by atoms with van der Waals surface area (Å²) in [6, 6.07) is 15.1. The Morgan fingerprint density at radius 1 is 1.10 bits per heavy atom. The fourth-order valence-electron chi connectivity index (χ4n) is 2.00. The number of benzene rings is 2. The van der Waals surface area contributed by atoms with E-state index in [0.717, 1.165) is 22.2 Å². The molecular formula is C16H13ClN2O. The second kappa shape index (κ2) is 5.39. The van der Waals surface area contributed by atoms with Gasteiger partial charge in [0.15, 0.2) is 0 Å². The zero-order valence-corrected chi connectivity index (χ0v) is 11.5. The van der Waals surface area contributed by atoms with Gasteiger partial charge in [-0.15, -0.1) is 0 Å². The predicted molar refractivity (Wildman–Crippen MR) is 81.9 cm³/mol. The van der Waals surface area contributed by atoms with Gasteiger partial charge in [-0.2, -0.15) is 0 Å². The zero-order chi connectivity index (χ0) is 13.9. The fourth-order valence-corrected chi connectivity index (χ4v) is 2.19. The van der Waals surface area contributed by atoms with Crippen LogP contribution < -0.4 is 10.5 Å². The molecule has 0 saturated carbocycles. The molecule has 0 aliphatic carbocycles. The molecule has 0 radical (unpaired) electrons. The minimum atomic E-state index is 0.380. The summed E-state index contributed by atoms with van der Waals surface area (Å²) in [6.07, 6.45) is 1.76. The molecule has 2 aromatic carbocycles. The topological polar surface area (TPSA) is 48.1 Å². The second-order valence-electron chi connectivity index (χ2n) is 4.49. The maximum absolute atomic E-state index is 5.96. The number of hydrogen-bond acceptors (Lipinski definition) is 3. The van der Waals surface area contributed by atoms with Crippen molar-refractivity contribution in [2.45, 2.75) is 6.61 Å². The van der Waals surface area contributed by atoms with Crippen LogP contribution in [-0.2, 0) is 6.61 Å². The first-order chi connectivity index (χ1) is 9.72. The molecule has 4 heteroatoms. The zero-order valence-electron chi connectivity index (χ0n) is 10.7. The van der Waals surface area contributed by atoms with E-state index < -0.39 is 0 Å². The van der Waals surface area contributed by atoms with Gasteiger partial charge in [-0.3, -0.25) is 4.98 Å². The molecular weight excluding hydrogens is 272 g/mol. The summed E-state index contributed by atoms with van der Waals surface area (Å²) in [6.45, 7) is 0.380. The molecule has 3 aromatic rings. The van der Waals surface area contributed by atoms with Crippen LogP contribution in [0, 0.1) is 0 Å². The Morgan fingerprint density at radius 2 is 2.00 bits per heavy atom. The molecule has 3 nitrogen and oxygen atoms in total. The smallest absolute Gasteiger partial charge is 0.122 e. The molecule has 1 aromatic heterocycles. The van der Waals surface area contributed by atoms with Crippen molar-refractivity contribution in [3.05, 3.63) is 65.3 Å². The standard InChI is InChI=1S/C16H13ClN2O/c17-13-4-6-15(18)12(8-13)10-20-14-5-3-11-2-1-7-19-16(11)9-14/h1-9H,10,18H2. The third kappa shape index (κ3) is 2.68. The second-order valence-corrected chi connectivity index (χ2v) is 4.93. The minimum Gasteiger partial charge on any atom is -0.489 e. The molecule has 0 aliphatic rings. The molecule has 0 amide bonds. The van der Waals surface area contributed by atoms with Crippen molar-refractivity contribution in [1.29, 1.82) is 0 Å². The van der Waals surface area contributed by atoms with E-state index in [1.807, 2.05) is 36.4 Å². The largest absolute Gasteiger partial charge is 0.489 e. The highest BCUT2D eigenvalue weighted by atomic mass is 35.5. The SMILES string of the molecule is Nc1ccc(Cl)cc1COc1ccc2cccnc2c1. The van der Waals surface area contributed by atoms with E-state index in [1.165, 1.54) is 0 Å². The normalized spacial score (nSPS) is 10.7. The summed E-state index contributed by atoms with van der Waals surface area (Å²) in [5.74, 6) is 0.760. The van der Waals surface area contributed by atoms with Crippen molar-refractivity contribution >= 4 is 28.2 Å². The summed E-state index contributed by atoms with van der Waals surface area (Å²) >= 11 is 5.96. The van der Waals surface area contributed by atoms with Gasteiger partial charge in [-0.1, -0.05) is 17.7 Å². The lowest BCUT2D eigenvalue weighted by Crippen LogP contribution is -2.00. The van der Waals surface area contributed by atoms with Crippen LogP contribution in [0.15, 0.2) is 54.7 Å².